The summed E-state index contributed by atoms with van der Waals surface area (Å²) >= 11 is 1.73. The number of aryl methyl sites for hydroxylation is 1. The second kappa shape index (κ2) is 6.32. The number of carbonyl (C=O) groups is 1. The first kappa shape index (κ1) is 16.2. The molecule has 118 valence electrons. The van der Waals surface area contributed by atoms with Crippen molar-refractivity contribution >= 4 is 17.4 Å². The SMILES string of the molecule is Cc1csc(C2(NC(C)C)CCN(C(=O)N(C)C)CC2)n1. The molecular weight excluding hydrogens is 284 g/mol. The molecule has 0 saturated carbocycles. The molecule has 1 aromatic rings. The van der Waals surface area contributed by atoms with Crippen molar-refractivity contribution in [2.75, 3.05) is 27.2 Å². The van der Waals surface area contributed by atoms with Crippen LogP contribution in [-0.2, 0) is 5.54 Å². The van der Waals surface area contributed by atoms with Gasteiger partial charge in [0.25, 0.3) is 0 Å². The number of thiazole rings is 1. The van der Waals surface area contributed by atoms with E-state index < -0.39 is 0 Å². The van der Waals surface area contributed by atoms with Crippen LogP contribution in [0, 0.1) is 6.92 Å². The van der Waals surface area contributed by atoms with E-state index in [2.05, 4.69) is 24.5 Å². The monoisotopic (exact) mass is 310 g/mol. The molecule has 2 amide bonds. The van der Waals surface area contributed by atoms with E-state index in [1.54, 1.807) is 30.3 Å². The van der Waals surface area contributed by atoms with Gasteiger partial charge in [0.2, 0.25) is 0 Å². The normalized spacial score (nSPS) is 18.1. The van der Waals surface area contributed by atoms with E-state index in [1.165, 1.54) is 0 Å². The van der Waals surface area contributed by atoms with Gasteiger partial charge in [-0.3, -0.25) is 0 Å². The first-order valence-corrected chi connectivity index (χ1v) is 8.38. The lowest BCUT2D eigenvalue weighted by atomic mass is 9.87. The van der Waals surface area contributed by atoms with Crippen molar-refractivity contribution in [2.24, 2.45) is 0 Å². The molecule has 21 heavy (non-hydrogen) atoms. The van der Waals surface area contributed by atoms with Crippen LogP contribution in [-0.4, -0.2) is 54.0 Å². The van der Waals surface area contributed by atoms with E-state index in [4.69, 9.17) is 4.98 Å². The van der Waals surface area contributed by atoms with Gasteiger partial charge in [-0.25, -0.2) is 9.78 Å². The number of piperidine rings is 1. The van der Waals surface area contributed by atoms with E-state index in [0.29, 0.717) is 6.04 Å². The number of rotatable bonds is 3. The standard InChI is InChI=1S/C15H26N4OS/c1-11(2)17-15(13-16-12(3)10-21-13)6-8-19(9-7-15)14(20)18(4)5/h10-11,17H,6-9H2,1-5H3. The smallest absolute Gasteiger partial charge is 0.319 e. The number of nitrogens with zero attached hydrogens (tertiary/aromatic N) is 3. The molecule has 0 radical (unpaired) electrons. The summed E-state index contributed by atoms with van der Waals surface area (Å²) in [5.74, 6) is 0. The van der Waals surface area contributed by atoms with Crippen LogP contribution in [0.2, 0.25) is 0 Å². The average molecular weight is 310 g/mol. The van der Waals surface area contributed by atoms with Gasteiger partial charge >= 0.3 is 6.03 Å². The van der Waals surface area contributed by atoms with Gasteiger partial charge in [-0.1, -0.05) is 0 Å². The van der Waals surface area contributed by atoms with Crippen molar-refractivity contribution < 1.29 is 4.79 Å². The van der Waals surface area contributed by atoms with E-state index in [0.717, 1.165) is 36.6 Å². The quantitative estimate of drug-likeness (QED) is 0.933. The van der Waals surface area contributed by atoms with Crippen molar-refractivity contribution in [1.29, 1.82) is 0 Å². The van der Waals surface area contributed by atoms with Gasteiger partial charge in [0, 0.05) is 44.3 Å². The Hall–Kier alpha value is -1.14. The van der Waals surface area contributed by atoms with Crippen LogP contribution in [0.4, 0.5) is 4.79 Å². The van der Waals surface area contributed by atoms with Gasteiger partial charge in [-0.2, -0.15) is 0 Å². The molecule has 1 aromatic heterocycles. The maximum atomic E-state index is 12.1. The molecule has 2 heterocycles. The molecule has 1 aliphatic heterocycles. The number of amides is 2. The molecular formula is C15H26N4OS. The Labute approximate surface area is 131 Å². The van der Waals surface area contributed by atoms with Crippen molar-refractivity contribution in [2.45, 2.75) is 45.2 Å². The minimum Gasteiger partial charge on any atom is -0.331 e. The molecule has 0 aliphatic carbocycles. The zero-order valence-corrected chi connectivity index (χ0v) is 14.5. The van der Waals surface area contributed by atoms with Gasteiger partial charge in [-0.05, 0) is 33.6 Å². The number of likely N-dealkylation sites (tertiary alicyclic amines) is 1. The molecule has 0 unspecified atom stereocenters. The summed E-state index contributed by atoms with van der Waals surface area (Å²) in [6, 6.07) is 0.494. The predicted octanol–water partition coefficient (Wildman–Crippen LogP) is 2.42. The van der Waals surface area contributed by atoms with E-state index >= 15 is 0 Å². The largest absolute Gasteiger partial charge is 0.331 e. The zero-order valence-electron chi connectivity index (χ0n) is 13.6. The third kappa shape index (κ3) is 3.55. The van der Waals surface area contributed by atoms with Crippen LogP contribution < -0.4 is 5.32 Å². The van der Waals surface area contributed by atoms with Crippen LogP contribution in [0.15, 0.2) is 5.38 Å². The highest BCUT2D eigenvalue weighted by atomic mass is 32.1. The minimum atomic E-state index is -0.0871. The summed E-state index contributed by atoms with van der Waals surface area (Å²) in [5.41, 5.74) is 0.989. The van der Waals surface area contributed by atoms with E-state index in [9.17, 15) is 4.79 Å². The fourth-order valence-electron chi connectivity index (χ4n) is 2.91. The molecule has 0 atom stereocenters. The fourth-order valence-corrected chi connectivity index (χ4v) is 3.93. The first-order chi connectivity index (χ1) is 9.84. The zero-order chi connectivity index (χ0) is 15.6. The Balaban J connectivity index is 2.16. The molecule has 0 aromatic carbocycles. The number of carbonyl (C=O) groups excluding carboxylic acids is 1. The van der Waals surface area contributed by atoms with E-state index in [1.807, 2.05) is 11.8 Å². The summed E-state index contributed by atoms with van der Waals surface area (Å²) in [7, 11) is 3.61. The molecule has 1 N–H and O–H groups in total. The molecule has 5 nitrogen and oxygen atoms in total. The number of hydrogen-bond acceptors (Lipinski definition) is 4. The highest BCUT2D eigenvalue weighted by Crippen LogP contribution is 2.35. The third-order valence-corrected chi connectivity index (χ3v) is 5.03. The van der Waals surface area contributed by atoms with Gasteiger partial charge < -0.3 is 15.1 Å². The first-order valence-electron chi connectivity index (χ1n) is 7.50. The van der Waals surface area contributed by atoms with Crippen molar-refractivity contribution in [1.82, 2.24) is 20.1 Å². The topological polar surface area (TPSA) is 48.5 Å². The summed E-state index contributed by atoms with van der Waals surface area (Å²) in [6.07, 6.45) is 1.83. The molecule has 2 rings (SSSR count). The van der Waals surface area contributed by atoms with Gasteiger partial charge in [0.05, 0.1) is 5.54 Å². The molecule has 1 saturated heterocycles. The Morgan fingerprint density at radius 3 is 2.48 bits per heavy atom. The van der Waals surface area contributed by atoms with Crippen LogP contribution in [0.3, 0.4) is 0 Å². The van der Waals surface area contributed by atoms with Crippen molar-refractivity contribution in [3.63, 3.8) is 0 Å². The number of aromatic nitrogens is 1. The van der Waals surface area contributed by atoms with Crippen LogP contribution >= 0.6 is 11.3 Å². The number of hydrogen-bond donors (Lipinski definition) is 1. The number of urea groups is 1. The summed E-state index contributed by atoms with van der Waals surface area (Å²) in [4.78, 5) is 20.4. The molecule has 1 aliphatic rings. The minimum absolute atomic E-state index is 0.0871. The van der Waals surface area contributed by atoms with Gasteiger partial charge in [0.15, 0.2) is 0 Å². The lowest BCUT2D eigenvalue weighted by Gasteiger charge is -2.43. The lowest BCUT2D eigenvalue weighted by Crippen LogP contribution is -2.55. The Morgan fingerprint density at radius 1 is 1.43 bits per heavy atom. The highest BCUT2D eigenvalue weighted by Gasteiger charge is 2.40. The number of nitrogens with one attached hydrogen (secondary N) is 1. The Morgan fingerprint density at radius 2 is 2.05 bits per heavy atom. The highest BCUT2D eigenvalue weighted by molar-refractivity contribution is 7.09. The molecule has 6 heteroatoms. The maximum absolute atomic E-state index is 12.1. The van der Waals surface area contributed by atoms with E-state index in [-0.39, 0.29) is 11.6 Å². The molecule has 1 fully saturated rings. The van der Waals surface area contributed by atoms with Crippen LogP contribution in [0.1, 0.15) is 37.4 Å². The average Bonchev–Trinajstić information content (AvgIpc) is 2.85. The summed E-state index contributed by atoms with van der Waals surface area (Å²) in [6.45, 7) is 7.91. The Bertz CT molecular complexity index is 490. The lowest BCUT2D eigenvalue weighted by molar-refractivity contribution is 0.119. The maximum Gasteiger partial charge on any atom is 0.319 e. The Kier molecular flexibility index (Phi) is 4.88. The van der Waals surface area contributed by atoms with Gasteiger partial charge in [0.1, 0.15) is 5.01 Å². The third-order valence-electron chi connectivity index (χ3n) is 3.86. The van der Waals surface area contributed by atoms with Crippen molar-refractivity contribution in [3.05, 3.63) is 16.1 Å². The van der Waals surface area contributed by atoms with Gasteiger partial charge in [-0.15, -0.1) is 11.3 Å². The second-order valence-corrected chi connectivity index (χ2v) is 7.20. The summed E-state index contributed by atoms with van der Waals surface area (Å²) < 4.78 is 0. The molecule has 0 bridgehead atoms. The van der Waals surface area contributed by atoms with Crippen molar-refractivity contribution in [3.8, 4) is 0 Å². The predicted molar refractivity (Wildman–Crippen MR) is 86.7 cm³/mol. The van der Waals surface area contributed by atoms with Crippen LogP contribution in [0.5, 0.6) is 0 Å². The fraction of sp³-hybridized carbons (Fsp3) is 0.733. The second-order valence-electron chi connectivity index (χ2n) is 6.34. The van der Waals surface area contributed by atoms with Crippen LogP contribution in [0.25, 0.3) is 0 Å². The molecule has 0 spiro atoms. The summed E-state index contributed by atoms with van der Waals surface area (Å²) in [5, 5.41) is 6.98.